The molecule has 24 heavy (non-hydrogen) atoms. The first kappa shape index (κ1) is 16.1. The van der Waals surface area contributed by atoms with Crippen LogP contribution in [-0.4, -0.2) is 33.5 Å². The Labute approximate surface area is 139 Å². The minimum atomic E-state index is -0.178. The molecule has 3 rings (SSSR count). The van der Waals surface area contributed by atoms with Gasteiger partial charge in [0, 0.05) is 36.8 Å². The van der Waals surface area contributed by atoms with Gasteiger partial charge in [-0.3, -0.25) is 14.6 Å². The van der Waals surface area contributed by atoms with Crippen molar-refractivity contribution in [2.75, 3.05) is 6.54 Å². The molecule has 2 aromatic rings. The van der Waals surface area contributed by atoms with Gasteiger partial charge >= 0.3 is 0 Å². The summed E-state index contributed by atoms with van der Waals surface area (Å²) in [6, 6.07) is 3.55. The summed E-state index contributed by atoms with van der Waals surface area (Å²) < 4.78 is 5.10. The average molecular weight is 329 g/mol. The number of carbonyl (C=O) groups is 2. The van der Waals surface area contributed by atoms with Crippen molar-refractivity contribution >= 4 is 11.8 Å². The highest BCUT2D eigenvalue weighted by molar-refractivity contribution is 5.82. The molecule has 126 valence electrons. The first-order chi connectivity index (χ1) is 11.6. The Kier molecular flexibility index (Phi) is 4.83. The molecular formula is C16H19N5O3. The molecule has 8 nitrogen and oxygen atoms in total. The molecule has 0 bridgehead atoms. The molecule has 1 aliphatic rings. The molecule has 2 amide bonds. The molecule has 2 heterocycles. The van der Waals surface area contributed by atoms with Crippen molar-refractivity contribution in [3.8, 4) is 11.4 Å². The molecule has 8 heteroatoms. The maximum Gasteiger partial charge on any atom is 0.246 e. The summed E-state index contributed by atoms with van der Waals surface area (Å²) in [6.07, 6.45) is 4.45. The molecule has 0 unspecified atom stereocenters. The fourth-order valence-electron chi connectivity index (χ4n) is 2.33. The summed E-state index contributed by atoms with van der Waals surface area (Å²) in [5, 5.41) is 9.33. The molecule has 0 spiro atoms. The molecule has 2 N–H and O–H groups in total. The average Bonchev–Trinajstić information content (AvgIpc) is 3.14. The summed E-state index contributed by atoms with van der Waals surface area (Å²) in [7, 11) is 0. The van der Waals surface area contributed by atoms with Gasteiger partial charge in [0.05, 0.1) is 6.54 Å². The Morgan fingerprint density at radius 2 is 2.04 bits per heavy atom. The van der Waals surface area contributed by atoms with Crippen molar-refractivity contribution in [2.45, 2.75) is 26.3 Å². The zero-order valence-electron chi connectivity index (χ0n) is 13.4. The number of hydrogen-bond donors (Lipinski definition) is 2. The minimum Gasteiger partial charge on any atom is -0.355 e. The highest BCUT2D eigenvalue weighted by atomic mass is 16.5. The van der Waals surface area contributed by atoms with Gasteiger partial charge in [0.15, 0.2) is 0 Å². The largest absolute Gasteiger partial charge is 0.355 e. The maximum atomic E-state index is 11.8. The van der Waals surface area contributed by atoms with E-state index in [-0.39, 0.29) is 30.7 Å². The lowest BCUT2D eigenvalue weighted by Crippen LogP contribution is -2.31. The van der Waals surface area contributed by atoms with Crippen molar-refractivity contribution in [2.24, 2.45) is 11.8 Å². The minimum absolute atomic E-state index is 0.0363. The molecule has 0 aromatic carbocycles. The van der Waals surface area contributed by atoms with Gasteiger partial charge in [-0.05, 0) is 24.5 Å². The van der Waals surface area contributed by atoms with E-state index >= 15 is 0 Å². The first-order valence-corrected chi connectivity index (χ1v) is 7.91. The van der Waals surface area contributed by atoms with Gasteiger partial charge in [-0.1, -0.05) is 12.1 Å². The smallest absolute Gasteiger partial charge is 0.246 e. The van der Waals surface area contributed by atoms with E-state index in [9.17, 15) is 9.59 Å². The van der Waals surface area contributed by atoms with Gasteiger partial charge in [0.1, 0.15) is 0 Å². The first-order valence-electron chi connectivity index (χ1n) is 7.91. The highest BCUT2D eigenvalue weighted by Crippen LogP contribution is 2.37. The zero-order valence-corrected chi connectivity index (χ0v) is 13.4. The van der Waals surface area contributed by atoms with Gasteiger partial charge < -0.3 is 15.2 Å². The standard InChI is InChI=1S/C16H19N5O3/c1-10-8-12(10)16(23)18-7-4-13(22)19-9-14-20-15(21-24-14)11-2-5-17-6-3-11/h2-3,5-6,10,12H,4,7-9H2,1H3,(H,18,23)(H,19,22)/t10-,12+/m1/s1. The van der Waals surface area contributed by atoms with E-state index in [4.69, 9.17) is 4.52 Å². The van der Waals surface area contributed by atoms with Crippen LogP contribution in [0.3, 0.4) is 0 Å². The summed E-state index contributed by atoms with van der Waals surface area (Å²) in [5.74, 6) is 1.22. The third-order valence-electron chi connectivity index (χ3n) is 3.94. The van der Waals surface area contributed by atoms with Crippen LogP contribution in [0.2, 0.25) is 0 Å². The molecule has 2 atom stereocenters. The zero-order chi connectivity index (χ0) is 16.9. The fraction of sp³-hybridized carbons (Fsp3) is 0.438. The molecule has 0 saturated heterocycles. The van der Waals surface area contributed by atoms with Crippen LogP contribution in [0.1, 0.15) is 25.7 Å². The Balaban J connectivity index is 1.38. The van der Waals surface area contributed by atoms with Crippen LogP contribution in [0, 0.1) is 11.8 Å². The van der Waals surface area contributed by atoms with Gasteiger partial charge in [0.2, 0.25) is 23.5 Å². The van der Waals surface area contributed by atoms with E-state index < -0.39 is 0 Å². The van der Waals surface area contributed by atoms with E-state index in [0.29, 0.717) is 24.2 Å². The van der Waals surface area contributed by atoms with Crippen molar-refractivity contribution in [3.63, 3.8) is 0 Å². The van der Waals surface area contributed by atoms with E-state index in [2.05, 4.69) is 25.8 Å². The molecule has 0 radical (unpaired) electrons. The van der Waals surface area contributed by atoms with Crippen LogP contribution in [0.25, 0.3) is 11.4 Å². The summed E-state index contributed by atoms with van der Waals surface area (Å²) >= 11 is 0. The molecule has 1 saturated carbocycles. The highest BCUT2D eigenvalue weighted by Gasteiger charge is 2.38. The van der Waals surface area contributed by atoms with Crippen LogP contribution in [0.5, 0.6) is 0 Å². The number of nitrogens with zero attached hydrogens (tertiary/aromatic N) is 3. The Morgan fingerprint density at radius 1 is 1.29 bits per heavy atom. The Hall–Kier alpha value is -2.77. The Bertz CT molecular complexity index is 716. The molecule has 0 aliphatic heterocycles. The normalized spacial score (nSPS) is 18.9. The topological polar surface area (TPSA) is 110 Å². The van der Waals surface area contributed by atoms with Crippen LogP contribution in [-0.2, 0) is 16.1 Å². The van der Waals surface area contributed by atoms with Crippen LogP contribution in [0.4, 0.5) is 0 Å². The van der Waals surface area contributed by atoms with E-state index in [0.717, 1.165) is 12.0 Å². The summed E-state index contributed by atoms with van der Waals surface area (Å²) in [4.78, 5) is 31.5. The number of hydrogen-bond acceptors (Lipinski definition) is 6. The van der Waals surface area contributed by atoms with Crippen LogP contribution >= 0.6 is 0 Å². The van der Waals surface area contributed by atoms with Gasteiger partial charge in [-0.25, -0.2) is 0 Å². The molecule has 2 aromatic heterocycles. The van der Waals surface area contributed by atoms with Crippen molar-refractivity contribution in [3.05, 3.63) is 30.4 Å². The summed E-state index contributed by atoms with van der Waals surface area (Å²) in [6.45, 7) is 2.53. The lowest BCUT2D eigenvalue weighted by atomic mass is 10.2. The lowest BCUT2D eigenvalue weighted by molar-refractivity contribution is -0.123. The fourth-order valence-corrected chi connectivity index (χ4v) is 2.33. The number of amides is 2. The van der Waals surface area contributed by atoms with Gasteiger partial charge in [0.25, 0.3) is 0 Å². The third kappa shape index (κ3) is 4.15. The predicted molar refractivity (Wildman–Crippen MR) is 84.3 cm³/mol. The number of pyridine rings is 1. The van der Waals surface area contributed by atoms with Crippen molar-refractivity contribution in [1.82, 2.24) is 25.8 Å². The van der Waals surface area contributed by atoms with Gasteiger partial charge in [-0.2, -0.15) is 4.98 Å². The second kappa shape index (κ2) is 7.20. The second-order valence-electron chi connectivity index (χ2n) is 5.88. The molecule has 1 aliphatic carbocycles. The lowest BCUT2D eigenvalue weighted by Gasteiger charge is -2.04. The maximum absolute atomic E-state index is 11.8. The number of aromatic nitrogens is 3. The van der Waals surface area contributed by atoms with Crippen molar-refractivity contribution in [1.29, 1.82) is 0 Å². The molecular weight excluding hydrogens is 310 g/mol. The Morgan fingerprint density at radius 3 is 2.75 bits per heavy atom. The summed E-state index contributed by atoms with van der Waals surface area (Å²) in [5.41, 5.74) is 0.795. The number of carbonyl (C=O) groups excluding carboxylic acids is 2. The number of nitrogens with one attached hydrogen (secondary N) is 2. The van der Waals surface area contributed by atoms with Crippen LogP contribution in [0.15, 0.2) is 29.0 Å². The monoisotopic (exact) mass is 329 g/mol. The number of rotatable bonds is 7. The van der Waals surface area contributed by atoms with Crippen molar-refractivity contribution < 1.29 is 14.1 Å². The van der Waals surface area contributed by atoms with Gasteiger partial charge in [-0.15, -0.1) is 0 Å². The third-order valence-corrected chi connectivity index (χ3v) is 3.94. The SMILES string of the molecule is C[C@@H]1C[C@@H]1C(=O)NCCC(=O)NCc1nc(-c2ccncc2)no1. The molecule has 1 fully saturated rings. The van der Waals surface area contributed by atoms with Crippen LogP contribution < -0.4 is 10.6 Å². The van der Waals surface area contributed by atoms with E-state index in [1.807, 2.05) is 6.92 Å². The second-order valence-corrected chi connectivity index (χ2v) is 5.88. The quantitative estimate of drug-likeness (QED) is 0.781. The van der Waals surface area contributed by atoms with E-state index in [1.54, 1.807) is 24.5 Å². The van der Waals surface area contributed by atoms with E-state index in [1.165, 1.54) is 0 Å². The predicted octanol–water partition coefficient (Wildman–Crippen LogP) is 0.910.